The molecule has 1 amide bonds. The van der Waals surface area contributed by atoms with E-state index in [-0.39, 0.29) is 5.91 Å². The Labute approximate surface area is 169 Å². The van der Waals surface area contributed by atoms with E-state index >= 15 is 0 Å². The second-order valence-corrected chi connectivity index (χ2v) is 6.67. The van der Waals surface area contributed by atoms with Gasteiger partial charge < -0.3 is 24.3 Å². The molecule has 3 heterocycles. The largest absolute Gasteiger partial charge is 0.495 e. The average molecular weight is 393 g/mol. The van der Waals surface area contributed by atoms with Crippen LogP contribution in [0, 0.1) is 0 Å². The summed E-state index contributed by atoms with van der Waals surface area (Å²) in [5.74, 6) is 2.14. The number of ether oxygens (including phenoxy) is 1. The number of rotatable bonds is 6. The summed E-state index contributed by atoms with van der Waals surface area (Å²) < 4.78 is 10.7. The summed E-state index contributed by atoms with van der Waals surface area (Å²) in [4.78, 5) is 25.3. The third kappa shape index (κ3) is 4.31. The molecule has 1 aliphatic rings. The molecule has 1 fully saturated rings. The van der Waals surface area contributed by atoms with Crippen molar-refractivity contribution in [3.8, 4) is 5.75 Å². The number of hydrogen-bond donors (Lipinski definition) is 1. The zero-order chi connectivity index (χ0) is 20.1. The third-order valence-electron chi connectivity index (χ3n) is 4.90. The van der Waals surface area contributed by atoms with E-state index in [0.29, 0.717) is 31.1 Å². The van der Waals surface area contributed by atoms with Gasteiger partial charge in [0.05, 0.1) is 25.6 Å². The van der Waals surface area contributed by atoms with Crippen LogP contribution in [0.1, 0.15) is 16.2 Å². The van der Waals surface area contributed by atoms with E-state index in [0.717, 1.165) is 30.3 Å². The third-order valence-corrected chi connectivity index (χ3v) is 4.90. The zero-order valence-corrected chi connectivity index (χ0v) is 16.2. The predicted octanol–water partition coefficient (Wildman–Crippen LogP) is 2.65. The fourth-order valence-corrected chi connectivity index (χ4v) is 3.37. The first kappa shape index (κ1) is 18.8. The summed E-state index contributed by atoms with van der Waals surface area (Å²) >= 11 is 0. The van der Waals surface area contributed by atoms with Crippen molar-refractivity contribution in [3.05, 3.63) is 66.5 Å². The topological polar surface area (TPSA) is 83.7 Å². The van der Waals surface area contributed by atoms with Crippen LogP contribution in [0.2, 0.25) is 0 Å². The highest BCUT2D eigenvalue weighted by Gasteiger charge is 2.24. The predicted molar refractivity (Wildman–Crippen MR) is 109 cm³/mol. The Kier molecular flexibility index (Phi) is 5.60. The van der Waals surface area contributed by atoms with Gasteiger partial charge >= 0.3 is 0 Å². The zero-order valence-electron chi connectivity index (χ0n) is 16.2. The molecule has 0 radical (unpaired) electrons. The minimum absolute atomic E-state index is 0.0897. The van der Waals surface area contributed by atoms with Gasteiger partial charge in [0.2, 0.25) is 0 Å². The van der Waals surface area contributed by atoms with Crippen LogP contribution in [0.4, 0.5) is 11.5 Å². The number of anilines is 2. The monoisotopic (exact) mass is 393 g/mol. The molecule has 0 spiro atoms. The first-order valence-electron chi connectivity index (χ1n) is 9.50. The molecular weight excluding hydrogens is 370 g/mol. The molecule has 1 saturated heterocycles. The maximum absolute atomic E-state index is 12.9. The van der Waals surface area contributed by atoms with Crippen LogP contribution in [0.5, 0.6) is 5.75 Å². The fourth-order valence-electron chi connectivity index (χ4n) is 3.37. The summed E-state index contributed by atoms with van der Waals surface area (Å²) in [6, 6.07) is 13.3. The van der Waals surface area contributed by atoms with Crippen molar-refractivity contribution >= 4 is 17.4 Å². The van der Waals surface area contributed by atoms with E-state index in [4.69, 9.17) is 9.15 Å². The van der Waals surface area contributed by atoms with Gasteiger partial charge in [-0.2, -0.15) is 0 Å². The van der Waals surface area contributed by atoms with Crippen molar-refractivity contribution < 1.29 is 13.9 Å². The molecule has 1 aromatic carbocycles. The highest BCUT2D eigenvalue weighted by molar-refractivity contribution is 5.93. The lowest BCUT2D eigenvalue weighted by molar-refractivity contribution is 0.0740. The summed E-state index contributed by atoms with van der Waals surface area (Å²) in [5.41, 5.74) is 1.43. The highest BCUT2D eigenvalue weighted by atomic mass is 16.5. The number of amides is 1. The van der Waals surface area contributed by atoms with Crippen molar-refractivity contribution in [1.82, 2.24) is 14.9 Å². The van der Waals surface area contributed by atoms with Gasteiger partial charge in [0.1, 0.15) is 29.3 Å². The summed E-state index contributed by atoms with van der Waals surface area (Å²) in [6.07, 6.45) is 3.03. The van der Waals surface area contributed by atoms with Gasteiger partial charge in [0, 0.05) is 32.2 Å². The maximum Gasteiger partial charge on any atom is 0.272 e. The molecule has 0 bridgehead atoms. The molecule has 8 heteroatoms. The van der Waals surface area contributed by atoms with E-state index in [1.807, 2.05) is 41.3 Å². The number of carbonyl (C=O) groups is 1. The number of benzene rings is 1. The molecule has 150 valence electrons. The minimum atomic E-state index is -0.0897. The number of methoxy groups -OCH3 is 1. The summed E-state index contributed by atoms with van der Waals surface area (Å²) in [6.45, 7) is 3.21. The number of furan rings is 1. The number of nitrogens with zero attached hydrogens (tertiary/aromatic N) is 4. The molecule has 8 nitrogen and oxygen atoms in total. The van der Waals surface area contributed by atoms with Crippen LogP contribution >= 0.6 is 0 Å². The molecule has 2 aromatic heterocycles. The Hall–Kier alpha value is -3.55. The fraction of sp³-hybridized carbons (Fsp3) is 0.286. The van der Waals surface area contributed by atoms with Gasteiger partial charge in [-0.15, -0.1) is 0 Å². The normalized spacial score (nSPS) is 14.0. The molecule has 3 aromatic rings. The van der Waals surface area contributed by atoms with Gasteiger partial charge in [-0.25, -0.2) is 9.97 Å². The Morgan fingerprint density at radius 2 is 1.97 bits per heavy atom. The lowest BCUT2D eigenvalue weighted by atomic mass is 10.2. The van der Waals surface area contributed by atoms with E-state index < -0.39 is 0 Å². The van der Waals surface area contributed by atoms with E-state index in [9.17, 15) is 4.79 Å². The number of nitrogens with one attached hydrogen (secondary N) is 1. The van der Waals surface area contributed by atoms with E-state index in [2.05, 4.69) is 20.2 Å². The summed E-state index contributed by atoms with van der Waals surface area (Å²) in [5, 5.41) is 3.15. The van der Waals surface area contributed by atoms with Crippen LogP contribution in [0.3, 0.4) is 0 Å². The lowest BCUT2D eigenvalue weighted by Crippen LogP contribution is -2.49. The Bertz CT molecular complexity index is 952. The molecule has 29 heavy (non-hydrogen) atoms. The molecule has 1 N–H and O–H groups in total. The van der Waals surface area contributed by atoms with Crippen LogP contribution in [-0.2, 0) is 6.54 Å². The molecule has 0 atom stereocenters. The molecule has 0 unspecified atom stereocenters. The van der Waals surface area contributed by atoms with Crippen LogP contribution in [0.15, 0.2) is 59.5 Å². The number of carbonyl (C=O) groups excluding carboxylic acids is 1. The van der Waals surface area contributed by atoms with Gasteiger partial charge in [-0.05, 0) is 24.3 Å². The number of piperazine rings is 1. The number of aromatic nitrogens is 2. The molecule has 0 saturated carbocycles. The number of hydrogen-bond acceptors (Lipinski definition) is 7. The number of para-hydroxylation sites is 2. The lowest BCUT2D eigenvalue weighted by Gasteiger charge is -2.36. The summed E-state index contributed by atoms with van der Waals surface area (Å²) in [7, 11) is 1.67. The second-order valence-electron chi connectivity index (χ2n) is 6.67. The smallest absolute Gasteiger partial charge is 0.272 e. The van der Waals surface area contributed by atoms with Crippen molar-refractivity contribution in [3.63, 3.8) is 0 Å². The Morgan fingerprint density at radius 3 is 2.72 bits per heavy atom. The van der Waals surface area contributed by atoms with Gasteiger partial charge in [0.25, 0.3) is 5.91 Å². The first-order chi connectivity index (χ1) is 14.2. The Morgan fingerprint density at radius 1 is 1.14 bits per heavy atom. The molecular formula is C21H23N5O3. The van der Waals surface area contributed by atoms with Gasteiger partial charge in [-0.3, -0.25) is 4.79 Å². The van der Waals surface area contributed by atoms with Gasteiger partial charge in [-0.1, -0.05) is 12.1 Å². The SMILES string of the molecule is COc1ccccc1N1CCN(C(=O)c2cc(NCc3ccco3)ncn2)CC1. The van der Waals surface area contributed by atoms with Crippen molar-refractivity contribution in [1.29, 1.82) is 0 Å². The molecule has 1 aliphatic heterocycles. The maximum atomic E-state index is 12.9. The van der Waals surface area contributed by atoms with E-state index in [1.54, 1.807) is 19.4 Å². The van der Waals surface area contributed by atoms with Crippen LogP contribution < -0.4 is 15.0 Å². The molecule has 4 rings (SSSR count). The van der Waals surface area contributed by atoms with Crippen molar-refractivity contribution in [2.24, 2.45) is 0 Å². The average Bonchev–Trinajstić information content (AvgIpc) is 3.31. The standard InChI is InChI=1S/C21H23N5O3/c1-28-19-7-3-2-6-18(19)25-8-10-26(11-9-25)21(27)17-13-20(24-15-23-17)22-14-16-5-4-12-29-16/h2-7,12-13,15H,8-11,14H2,1H3,(H,22,23,24). The first-order valence-corrected chi connectivity index (χ1v) is 9.50. The van der Waals surface area contributed by atoms with Crippen LogP contribution in [0.25, 0.3) is 0 Å². The second kappa shape index (κ2) is 8.64. The van der Waals surface area contributed by atoms with Crippen LogP contribution in [-0.4, -0.2) is 54.1 Å². The van der Waals surface area contributed by atoms with Crippen molar-refractivity contribution in [2.45, 2.75) is 6.54 Å². The Balaban J connectivity index is 1.37. The highest BCUT2D eigenvalue weighted by Crippen LogP contribution is 2.28. The molecule has 0 aliphatic carbocycles. The van der Waals surface area contributed by atoms with E-state index in [1.165, 1.54) is 6.33 Å². The van der Waals surface area contributed by atoms with Gasteiger partial charge in [0.15, 0.2) is 0 Å². The minimum Gasteiger partial charge on any atom is -0.495 e. The quantitative estimate of drug-likeness (QED) is 0.689. The van der Waals surface area contributed by atoms with Crippen molar-refractivity contribution in [2.75, 3.05) is 43.5 Å².